The van der Waals surface area contributed by atoms with Crippen molar-refractivity contribution in [2.75, 3.05) is 6.54 Å². The van der Waals surface area contributed by atoms with E-state index in [0.29, 0.717) is 0 Å². The third kappa shape index (κ3) is 2.70. The highest BCUT2D eigenvalue weighted by Gasteiger charge is 2.12. The van der Waals surface area contributed by atoms with Crippen LogP contribution in [0.3, 0.4) is 0 Å². The number of aromatic nitrogens is 1. The molecule has 0 bridgehead atoms. The Kier molecular flexibility index (Phi) is 3.47. The fourth-order valence-electron chi connectivity index (χ4n) is 0.741. The van der Waals surface area contributed by atoms with Crippen LogP contribution in [0, 0.1) is 12.3 Å². The maximum atomic E-state index is 11.4. The van der Waals surface area contributed by atoms with Gasteiger partial charge in [-0.25, -0.2) is 13.4 Å². The number of pyridine rings is 1. The second-order valence-corrected chi connectivity index (χ2v) is 4.50. The monoisotopic (exact) mass is 230 g/mol. The van der Waals surface area contributed by atoms with Gasteiger partial charge in [0, 0.05) is 6.20 Å². The first-order chi connectivity index (χ1) is 6.56. The molecule has 0 unspecified atom stereocenters. The summed E-state index contributed by atoms with van der Waals surface area (Å²) in [5.74, 6) is 2.17. The molecule has 0 aliphatic carbocycles. The van der Waals surface area contributed by atoms with E-state index in [1.54, 1.807) is 0 Å². The summed E-state index contributed by atoms with van der Waals surface area (Å²) in [4.78, 5) is 3.69. The van der Waals surface area contributed by atoms with Gasteiger partial charge in [-0.2, -0.15) is 4.72 Å². The van der Waals surface area contributed by atoms with Gasteiger partial charge in [0.05, 0.1) is 6.54 Å². The van der Waals surface area contributed by atoms with Crippen molar-refractivity contribution in [2.45, 2.75) is 4.90 Å². The Morgan fingerprint density at radius 1 is 1.57 bits per heavy atom. The van der Waals surface area contributed by atoms with Crippen LogP contribution in [0.25, 0.3) is 0 Å². The summed E-state index contributed by atoms with van der Waals surface area (Å²) in [6, 6.07) is 2.75. The highest BCUT2D eigenvalue weighted by molar-refractivity contribution is 7.89. The van der Waals surface area contributed by atoms with Gasteiger partial charge in [0.25, 0.3) is 0 Å². The van der Waals surface area contributed by atoms with Crippen LogP contribution in [0.5, 0.6) is 0 Å². The van der Waals surface area contributed by atoms with Crippen molar-refractivity contribution in [3.63, 3.8) is 0 Å². The Bertz CT molecular complexity index is 447. The van der Waals surface area contributed by atoms with Crippen LogP contribution in [0.15, 0.2) is 23.2 Å². The standard InChI is InChI=1S/C8H7ClN2O2S/c1-2-5-11-14(12,13)7-3-4-8(9)10-6-7/h1,3-4,6,11H,5H2. The molecule has 0 saturated heterocycles. The summed E-state index contributed by atoms with van der Waals surface area (Å²) >= 11 is 5.51. The number of nitrogens with zero attached hydrogens (tertiary/aromatic N) is 1. The summed E-state index contributed by atoms with van der Waals surface area (Å²) in [6.07, 6.45) is 6.09. The zero-order chi connectivity index (χ0) is 10.6. The predicted octanol–water partition coefficient (Wildman–Crippen LogP) is 0.646. The van der Waals surface area contributed by atoms with Crippen molar-refractivity contribution in [2.24, 2.45) is 0 Å². The quantitative estimate of drug-likeness (QED) is 0.613. The van der Waals surface area contributed by atoms with E-state index in [1.165, 1.54) is 18.3 Å². The van der Waals surface area contributed by atoms with Gasteiger partial charge in [0.2, 0.25) is 10.0 Å². The molecule has 0 aliphatic rings. The van der Waals surface area contributed by atoms with Crippen molar-refractivity contribution in [3.8, 4) is 12.3 Å². The fourth-order valence-corrected chi connectivity index (χ4v) is 1.73. The van der Waals surface area contributed by atoms with Crippen molar-refractivity contribution in [3.05, 3.63) is 23.5 Å². The molecule has 0 fully saturated rings. The molecule has 1 aromatic heterocycles. The summed E-state index contributed by atoms with van der Waals surface area (Å²) in [5.41, 5.74) is 0. The Morgan fingerprint density at radius 2 is 2.29 bits per heavy atom. The van der Waals surface area contributed by atoms with E-state index < -0.39 is 10.0 Å². The van der Waals surface area contributed by atoms with Gasteiger partial charge in [0.1, 0.15) is 10.0 Å². The van der Waals surface area contributed by atoms with E-state index >= 15 is 0 Å². The fraction of sp³-hybridized carbons (Fsp3) is 0.125. The first-order valence-corrected chi connectivity index (χ1v) is 5.47. The van der Waals surface area contributed by atoms with Gasteiger partial charge in [0.15, 0.2) is 0 Å². The first-order valence-electron chi connectivity index (χ1n) is 3.61. The van der Waals surface area contributed by atoms with E-state index in [1.807, 2.05) is 0 Å². The van der Waals surface area contributed by atoms with E-state index in [4.69, 9.17) is 18.0 Å². The van der Waals surface area contributed by atoms with Crippen LogP contribution >= 0.6 is 11.6 Å². The Labute approximate surface area is 87.4 Å². The molecule has 0 saturated carbocycles. The molecule has 1 aromatic rings. The Hall–Kier alpha value is -1.09. The molecule has 6 heteroatoms. The molecular formula is C8H7ClN2O2S. The van der Waals surface area contributed by atoms with Crippen LogP contribution in [-0.4, -0.2) is 19.9 Å². The number of hydrogen-bond donors (Lipinski definition) is 1. The zero-order valence-electron chi connectivity index (χ0n) is 7.07. The van der Waals surface area contributed by atoms with Crippen LogP contribution in [-0.2, 0) is 10.0 Å². The van der Waals surface area contributed by atoms with Gasteiger partial charge in [-0.1, -0.05) is 17.5 Å². The SMILES string of the molecule is C#CCNS(=O)(=O)c1ccc(Cl)nc1. The Balaban J connectivity index is 2.94. The lowest BCUT2D eigenvalue weighted by Crippen LogP contribution is -2.23. The van der Waals surface area contributed by atoms with Crippen molar-refractivity contribution >= 4 is 21.6 Å². The molecule has 0 aromatic carbocycles. The molecular weight excluding hydrogens is 224 g/mol. The lowest BCUT2D eigenvalue weighted by Gasteiger charge is -2.02. The topological polar surface area (TPSA) is 59.1 Å². The minimum absolute atomic E-state index is 0.0390. The highest BCUT2D eigenvalue weighted by atomic mass is 35.5. The Morgan fingerprint density at radius 3 is 2.79 bits per heavy atom. The van der Waals surface area contributed by atoms with E-state index in [0.717, 1.165) is 0 Å². The maximum absolute atomic E-state index is 11.4. The lowest BCUT2D eigenvalue weighted by molar-refractivity contribution is 0.585. The molecule has 4 nitrogen and oxygen atoms in total. The first kappa shape index (κ1) is 11.0. The third-order valence-corrected chi connectivity index (χ3v) is 2.98. The maximum Gasteiger partial charge on any atom is 0.242 e. The summed E-state index contributed by atoms with van der Waals surface area (Å²) in [6.45, 7) is -0.0506. The molecule has 1 rings (SSSR count). The predicted molar refractivity (Wildman–Crippen MR) is 53.3 cm³/mol. The largest absolute Gasteiger partial charge is 0.243 e. The molecule has 0 spiro atoms. The minimum Gasteiger partial charge on any atom is -0.243 e. The van der Waals surface area contributed by atoms with E-state index in [2.05, 4.69) is 15.6 Å². The minimum atomic E-state index is -3.55. The highest BCUT2D eigenvalue weighted by Crippen LogP contribution is 2.09. The molecule has 1 N–H and O–H groups in total. The number of rotatable bonds is 3. The van der Waals surface area contributed by atoms with Crippen molar-refractivity contribution in [1.29, 1.82) is 0 Å². The van der Waals surface area contributed by atoms with Gasteiger partial charge in [-0.15, -0.1) is 6.42 Å². The summed E-state index contributed by atoms with van der Waals surface area (Å²) in [7, 11) is -3.55. The third-order valence-electron chi connectivity index (χ3n) is 1.37. The molecule has 14 heavy (non-hydrogen) atoms. The van der Waals surface area contributed by atoms with Gasteiger partial charge < -0.3 is 0 Å². The smallest absolute Gasteiger partial charge is 0.242 e. The second kappa shape index (κ2) is 4.42. The van der Waals surface area contributed by atoms with Crippen molar-refractivity contribution < 1.29 is 8.42 Å². The average molecular weight is 231 g/mol. The van der Waals surface area contributed by atoms with Gasteiger partial charge in [-0.3, -0.25) is 0 Å². The number of nitrogens with one attached hydrogen (secondary N) is 1. The average Bonchev–Trinajstić information content (AvgIpc) is 2.16. The zero-order valence-corrected chi connectivity index (χ0v) is 8.64. The van der Waals surface area contributed by atoms with Crippen LogP contribution < -0.4 is 4.72 Å². The number of halogens is 1. The normalized spacial score (nSPS) is 10.9. The van der Waals surface area contributed by atoms with Gasteiger partial charge in [-0.05, 0) is 12.1 Å². The molecule has 0 radical (unpaired) electrons. The molecule has 74 valence electrons. The van der Waals surface area contributed by atoms with Crippen molar-refractivity contribution in [1.82, 2.24) is 9.71 Å². The number of hydrogen-bond acceptors (Lipinski definition) is 3. The van der Waals surface area contributed by atoms with Gasteiger partial charge >= 0.3 is 0 Å². The van der Waals surface area contributed by atoms with Crippen LogP contribution in [0.4, 0.5) is 0 Å². The second-order valence-electron chi connectivity index (χ2n) is 2.35. The number of sulfonamides is 1. The molecule has 1 heterocycles. The number of terminal acetylenes is 1. The molecule has 0 atom stereocenters. The summed E-state index contributed by atoms with van der Waals surface area (Å²) in [5, 5.41) is 0.237. The molecule has 0 aliphatic heterocycles. The lowest BCUT2D eigenvalue weighted by atomic mass is 10.5. The van der Waals surface area contributed by atoms with E-state index in [9.17, 15) is 8.42 Å². The summed E-state index contributed by atoms with van der Waals surface area (Å²) < 4.78 is 25.0. The van der Waals surface area contributed by atoms with Crippen LogP contribution in [0.2, 0.25) is 5.15 Å². The van der Waals surface area contributed by atoms with Crippen LogP contribution in [0.1, 0.15) is 0 Å². The molecule has 0 amide bonds. The van der Waals surface area contributed by atoms with E-state index in [-0.39, 0.29) is 16.6 Å².